The summed E-state index contributed by atoms with van der Waals surface area (Å²) in [4.78, 5) is 26.3. The number of nitrogens with zero attached hydrogens (tertiary/aromatic N) is 1. The second-order valence-electron chi connectivity index (χ2n) is 3.98. The fourth-order valence-corrected chi connectivity index (χ4v) is 2.54. The molecular weight excluding hydrogens is 337 g/mol. The molecule has 0 aliphatic rings. The third kappa shape index (κ3) is 4.42. The van der Waals surface area contributed by atoms with Gasteiger partial charge in [-0.15, -0.1) is 11.3 Å². The van der Waals surface area contributed by atoms with E-state index in [0.717, 1.165) is 11.3 Å². The van der Waals surface area contributed by atoms with Gasteiger partial charge in [0.1, 0.15) is 5.75 Å². The Morgan fingerprint density at radius 2 is 2.10 bits per heavy atom. The van der Waals surface area contributed by atoms with Crippen molar-refractivity contribution in [2.45, 2.75) is 6.42 Å². The predicted octanol–water partition coefficient (Wildman–Crippen LogP) is 2.00. The molecule has 0 aliphatic heterocycles. The van der Waals surface area contributed by atoms with Crippen LogP contribution in [0.15, 0.2) is 23.6 Å². The lowest BCUT2D eigenvalue weighted by Gasteiger charge is -2.06. The van der Waals surface area contributed by atoms with Gasteiger partial charge < -0.3 is 14.6 Å². The molecule has 2 aromatic rings. The molecule has 110 valence electrons. The summed E-state index contributed by atoms with van der Waals surface area (Å²) < 4.78 is 5.30. The highest BCUT2D eigenvalue weighted by atomic mass is 35.5. The molecule has 1 aromatic carbocycles. The fourth-order valence-electron chi connectivity index (χ4n) is 1.46. The molecule has 8 heteroatoms. The summed E-state index contributed by atoms with van der Waals surface area (Å²) in [5.41, 5.74) is 0.282. The van der Waals surface area contributed by atoms with Crippen LogP contribution >= 0.6 is 34.5 Å². The van der Waals surface area contributed by atoms with E-state index in [0.29, 0.717) is 15.8 Å². The Hall–Kier alpha value is -1.63. The topological polar surface area (TPSA) is 79.3 Å². The maximum atomic E-state index is 11.9. The van der Waals surface area contributed by atoms with Crippen LogP contribution in [0.5, 0.6) is 5.75 Å². The Morgan fingerprint density at radius 1 is 1.33 bits per heavy atom. The largest absolute Gasteiger partial charge is 0.550 e. The third-order valence-corrected chi connectivity index (χ3v) is 3.85. The number of hydrogen-bond donors (Lipinski definition) is 0. The van der Waals surface area contributed by atoms with E-state index in [1.807, 2.05) is 0 Å². The smallest absolute Gasteiger partial charge is 0.228 e. The average molecular weight is 345 g/mol. The van der Waals surface area contributed by atoms with Gasteiger partial charge in [0.25, 0.3) is 0 Å². The summed E-state index contributed by atoms with van der Waals surface area (Å²) >= 11 is 12.8. The number of thiazole rings is 1. The molecule has 21 heavy (non-hydrogen) atoms. The van der Waals surface area contributed by atoms with Crippen molar-refractivity contribution in [2.75, 3.05) is 6.61 Å². The highest BCUT2D eigenvalue weighted by Crippen LogP contribution is 2.27. The minimum atomic E-state index is -1.25. The van der Waals surface area contributed by atoms with Gasteiger partial charge in [-0.25, -0.2) is 4.98 Å². The standard InChI is InChI=1S/C13H9Cl2NO4S/c14-7-1-2-9(15)11(3-7)20-5-10(17)13-16-8(6-21-13)4-12(18)19/h1-3,6H,4-5H2,(H,18,19)/p-1. The lowest BCUT2D eigenvalue weighted by molar-refractivity contribution is -0.304. The Kier molecular flexibility index (Phi) is 5.17. The molecule has 0 N–H and O–H groups in total. The average Bonchev–Trinajstić information content (AvgIpc) is 2.87. The molecule has 0 saturated heterocycles. The van der Waals surface area contributed by atoms with Gasteiger partial charge >= 0.3 is 0 Å². The van der Waals surface area contributed by atoms with Gasteiger partial charge in [0.05, 0.1) is 10.7 Å². The highest BCUT2D eigenvalue weighted by Gasteiger charge is 2.13. The first-order chi connectivity index (χ1) is 9.95. The second kappa shape index (κ2) is 6.89. The predicted molar refractivity (Wildman–Crippen MR) is 77.1 cm³/mol. The van der Waals surface area contributed by atoms with E-state index in [1.165, 1.54) is 11.4 Å². The van der Waals surface area contributed by atoms with Crippen LogP contribution < -0.4 is 9.84 Å². The quantitative estimate of drug-likeness (QED) is 0.749. The normalized spacial score (nSPS) is 10.4. The van der Waals surface area contributed by atoms with Gasteiger partial charge in [0.15, 0.2) is 11.6 Å². The van der Waals surface area contributed by atoms with Gasteiger partial charge in [-0.2, -0.15) is 0 Å². The zero-order chi connectivity index (χ0) is 15.4. The molecular formula is C13H8Cl2NO4S-. The van der Waals surface area contributed by atoms with Crippen molar-refractivity contribution < 1.29 is 19.4 Å². The van der Waals surface area contributed by atoms with E-state index in [9.17, 15) is 14.7 Å². The van der Waals surface area contributed by atoms with Crippen LogP contribution in [-0.2, 0) is 11.2 Å². The van der Waals surface area contributed by atoms with E-state index in [4.69, 9.17) is 27.9 Å². The van der Waals surface area contributed by atoms with E-state index in [-0.39, 0.29) is 29.5 Å². The molecule has 1 aromatic heterocycles. The number of ether oxygens (including phenoxy) is 1. The fraction of sp³-hybridized carbons (Fsp3) is 0.154. The summed E-state index contributed by atoms with van der Waals surface area (Å²) in [5, 5.41) is 12.9. The minimum Gasteiger partial charge on any atom is -0.550 e. The third-order valence-electron chi connectivity index (χ3n) is 2.37. The van der Waals surface area contributed by atoms with Crippen LogP contribution in [-0.4, -0.2) is 23.3 Å². The van der Waals surface area contributed by atoms with E-state index in [1.54, 1.807) is 12.1 Å². The van der Waals surface area contributed by atoms with Crippen LogP contribution in [0.2, 0.25) is 10.0 Å². The van der Waals surface area contributed by atoms with Crippen LogP contribution in [0.1, 0.15) is 15.5 Å². The lowest BCUT2D eigenvalue weighted by atomic mass is 10.3. The molecule has 2 rings (SSSR count). The number of aliphatic carboxylic acids is 1. The van der Waals surface area contributed by atoms with Crippen molar-refractivity contribution in [1.82, 2.24) is 4.98 Å². The van der Waals surface area contributed by atoms with Crippen molar-refractivity contribution in [3.63, 3.8) is 0 Å². The Bertz CT molecular complexity index is 687. The van der Waals surface area contributed by atoms with Crippen LogP contribution in [0.3, 0.4) is 0 Å². The number of halogens is 2. The number of carbonyl (C=O) groups is 2. The maximum absolute atomic E-state index is 11.9. The number of ketones is 1. The number of aromatic nitrogens is 1. The van der Waals surface area contributed by atoms with Gasteiger partial charge in [-0.05, 0) is 12.1 Å². The summed E-state index contributed by atoms with van der Waals surface area (Å²) in [7, 11) is 0. The van der Waals surface area contributed by atoms with Crippen molar-refractivity contribution in [2.24, 2.45) is 0 Å². The van der Waals surface area contributed by atoms with E-state index >= 15 is 0 Å². The number of rotatable bonds is 6. The molecule has 0 bridgehead atoms. The summed E-state index contributed by atoms with van der Waals surface area (Å²) in [6.45, 7) is -0.266. The zero-order valence-electron chi connectivity index (χ0n) is 10.5. The van der Waals surface area contributed by atoms with Crippen LogP contribution in [0, 0.1) is 0 Å². The number of benzene rings is 1. The van der Waals surface area contributed by atoms with Gasteiger partial charge in [-0.1, -0.05) is 23.2 Å². The molecule has 1 heterocycles. The molecule has 0 saturated carbocycles. The van der Waals surface area contributed by atoms with Crippen LogP contribution in [0.4, 0.5) is 0 Å². The number of Topliss-reactive ketones (excluding diaryl/α,β-unsaturated/α-hetero) is 1. The molecule has 0 atom stereocenters. The van der Waals surface area contributed by atoms with Crippen molar-refractivity contribution in [3.05, 3.63) is 44.3 Å². The molecule has 0 amide bonds. The summed E-state index contributed by atoms with van der Waals surface area (Å²) in [6, 6.07) is 4.66. The number of hydrogen-bond acceptors (Lipinski definition) is 6. The van der Waals surface area contributed by atoms with Crippen molar-refractivity contribution in [3.8, 4) is 5.75 Å². The van der Waals surface area contributed by atoms with Gasteiger partial charge in [-0.3, -0.25) is 4.79 Å². The number of carbonyl (C=O) groups excluding carboxylic acids is 2. The monoisotopic (exact) mass is 344 g/mol. The van der Waals surface area contributed by atoms with Gasteiger partial charge in [0, 0.05) is 28.9 Å². The zero-order valence-corrected chi connectivity index (χ0v) is 12.8. The maximum Gasteiger partial charge on any atom is 0.228 e. The molecule has 0 aliphatic carbocycles. The summed E-state index contributed by atoms with van der Waals surface area (Å²) in [5.74, 6) is -1.33. The number of carboxylic acids is 1. The Balaban J connectivity index is 2.00. The molecule has 0 fully saturated rings. The molecule has 0 radical (unpaired) electrons. The highest BCUT2D eigenvalue weighted by molar-refractivity contribution is 7.11. The first-order valence-corrected chi connectivity index (χ1v) is 7.34. The first-order valence-electron chi connectivity index (χ1n) is 5.71. The SMILES string of the molecule is O=C([O-])Cc1csc(C(=O)COc2cc(Cl)ccc2Cl)n1. The molecule has 0 spiro atoms. The summed E-state index contributed by atoms with van der Waals surface area (Å²) in [6.07, 6.45) is -0.329. The first kappa shape index (κ1) is 15.8. The molecule has 5 nitrogen and oxygen atoms in total. The van der Waals surface area contributed by atoms with Crippen LogP contribution in [0.25, 0.3) is 0 Å². The van der Waals surface area contributed by atoms with Crippen molar-refractivity contribution >= 4 is 46.3 Å². The Labute approximate surface area is 134 Å². The van der Waals surface area contributed by atoms with Gasteiger partial charge in [0.2, 0.25) is 5.78 Å². The number of carboxylic acid groups (broad SMARTS) is 1. The minimum absolute atomic E-state index is 0.171. The lowest BCUT2D eigenvalue weighted by Crippen LogP contribution is -2.24. The Morgan fingerprint density at radius 3 is 2.81 bits per heavy atom. The second-order valence-corrected chi connectivity index (χ2v) is 5.68. The van der Waals surface area contributed by atoms with Crippen molar-refractivity contribution in [1.29, 1.82) is 0 Å². The van der Waals surface area contributed by atoms with E-state index in [2.05, 4.69) is 4.98 Å². The van der Waals surface area contributed by atoms with E-state index < -0.39 is 5.97 Å². The molecule has 0 unspecified atom stereocenters.